The average Bonchev–Trinajstić information content (AvgIpc) is 3.12. The Morgan fingerprint density at radius 2 is 2.25 bits per heavy atom. The van der Waals surface area contributed by atoms with Crippen molar-refractivity contribution >= 4 is 28.9 Å². The minimum absolute atomic E-state index is 0.0929. The summed E-state index contributed by atoms with van der Waals surface area (Å²) in [7, 11) is 0. The van der Waals surface area contributed by atoms with E-state index in [0.29, 0.717) is 11.9 Å². The Kier molecular flexibility index (Phi) is 3.62. The zero-order valence-corrected chi connectivity index (χ0v) is 12.1. The van der Waals surface area contributed by atoms with E-state index in [1.54, 1.807) is 34.6 Å². The van der Waals surface area contributed by atoms with Gasteiger partial charge in [0.1, 0.15) is 6.33 Å². The summed E-state index contributed by atoms with van der Waals surface area (Å²) < 4.78 is 1.67. The van der Waals surface area contributed by atoms with Crippen molar-refractivity contribution in [1.82, 2.24) is 24.5 Å². The lowest BCUT2D eigenvalue weighted by Crippen LogP contribution is -2.11. The van der Waals surface area contributed by atoms with Crippen LogP contribution < -0.4 is 5.32 Å². The molecular formula is C12H11ClN6S. The van der Waals surface area contributed by atoms with E-state index in [0.717, 1.165) is 0 Å². The fourth-order valence-electron chi connectivity index (χ4n) is 1.70. The number of nitrogens with one attached hydrogen (secondary N) is 1. The first kappa shape index (κ1) is 13.0. The van der Waals surface area contributed by atoms with Crippen molar-refractivity contribution in [3.8, 4) is 5.95 Å². The smallest absolute Gasteiger partial charge is 0.241 e. The van der Waals surface area contributed by atoms with Gasteiger partial charge in [0.15, 0.2) is 0 Å². The Morgan fingerprint density at radius 3 is 2.95 bits per heavy atom. The van der Waals surface area contributed by atoms with Crippen LogP contribution in [-0.4, -0.2) is 24.5 Å². The minimum Gasteiger partial charge on any atom is -0.347 e. The first-order chi connectivity index (χ1) is 9.72. The molecular weight excluding hydrogens is 296 g/mol. The quantitative estimate of drug-likeness (QED) is 0.802. The topological polar surface area (TPSA) is 68.5 Å². The molecule has 0 saturated carbocycles. The molecule has 3 rings (SSSR count). The molecule has 0 saturated heterocycles. The van der Waals surface area contributed by atoms with Crippen molar-refractivity contribution < 1.29 is 0 Å². The second-order valence-corrected chi connectivity index (χ2v) is 5.24. The van der Waals surface area contributed by atoms with Crippen molar-refractivity contribution in [2.24, 2.45) is 0 Å². The predicted octanol–water partition coefficient (Wildman–Crippen LogP) is 2.95. The molecule has 0 bridgehead atoms. The summed E-state index contributed by atoms with van der Waals surface area (Å²) in [5.41, 5.74) is 1.18. The van der Waals surface area contributed by atoms with Crippen LogP contribution in [0.15, 0.2) is 35.5 Å². The molecule has 0 radical (unpaired) electrons. The Hall–Kier alpha value is -1.99. The summed E-state index contributed by atoms with van der Waals surface area (Å²) in [5, 5.41) is 7.47. The number of nitrogens with zero attached hydrogens (tertiary/aromatic N) is 5. The van der Waals surface area contributed by atoms with Crippen molar-refractivity contribution in [2.45, 2.75) is 13.0 Å². The van der Waals surface area contributed by atoms with Gasteiger partial charge in [0.2, 0.25) is 17.2 Å². The highest BCUT2D eigenvalue weighted by Crippen LogP contribution is 2.20. The van der Waals surface area contributed by atoms with Crippen molar-refractivity contribution in [3.63, 3.8) is 0 Å². The molecule has 3 aromatic rings. The third kappa shape index (κ3) is 2.78. The molecule has 0 aromatic carbocycles. The normalized spacial score (nSPS) is 12.3. The number of rotatable bonds is 4. The van der Waals surface area contributed by atoms with Gasteiger partial charge in [-0.25, -0.2) is 4.98 Å². The summed E-state index contributed by atoms with van der Waals surface area (Å²) in [6, 6.07) is 2.15. The average molecular weight is 307 g/mol. The van der Waals surface area contributed by atoms with Gasteiger partial charge >= 0.3 is 0 Å². The van der Waals surface area contributed by atoms with Gasteiger partial charge in [0.05, 0.1) is 6.04 Å². The van der Waals surface area contributed by atoms with Gasteiger partial charge in [0, 0.05) is 12.4 Å². The number of anilines is 1. The fourth-order valence-corrected chi connectivity index (χ4v) is 2.61. The highest BCUT2D eigenvalue weighted by molar-refractivity contribution is 7.07. The highest BCUT2D eigenvalue weighted by Gasteiger charge is 2.11. The maximum Gasteiger partial charge on any atom is 0.241 e. The second kappa shape index (κ2) is 5.56. The minimum atomic E-state index is 0.0929. The molecule has 0 fully saturated rings. The number of imidazole rings is 1. The van der Waals surface area contributed by atoms with Crippen molar-refractivity contribution in [3.05, 3.63) is 46.4 Å². The van der Waals surface area contributed by atoms with Gasteiger partial charge in [-0.05, 0) is 40.9 Å². The maximum atomic E-state index is 5.94. The van der Waals surface area contributed by atoms with Crippen LogP contribution in [0.1, 0.15) is 18.5 Å². The number of hydrogen-bond donors (Lipinski definition) is 1. The van der Waals surface area contributed by atoms with E-state index in [1.165, 1.54) is 5.56 Å². The van der Waals surface area contributed by atoms with E-state index in [-0.39, 0.29) is 11.3 Å². The maximum absolute atomic E-state index is 5.94. The number of aromatic nitrogens is 5. The number of halogens is 1. The van der Waals surface area contributed by atoms with Gasteiger partial charge < -0.3 is 5.32 Å². The molecule has 0 aliphatic carbocycles. The second-order valence-electron chi connectivity index (χ2n) is 4.12. The van der Waals surface area contributed by atoms with Crippen LogP contribution in [0.4, 0.5) is 5.95 Å². The SMILES string of the molecule is CC(Nc1nc(Cl)nc(-n2ccnc2)n1)c1ccsc1. The van der Waals surface area contributed by atoms with Gasteiger partial charge in [-0.3, -0.25) is 4.57 Å². The van der Waals surface area contributed by atoms with E-state index in [9.17, 15) is 0 Å². The van der Waals surface area contributed by atoms with Crippen LogP contribution in [-0.2, 0) is 0 Å². The largest absolute Gasteiger partial charge is 0.347 e. The lowest BCUT2D eigenvalue weighted by molar-refractivity contribution is 0.836. The Morgan fingerprint density at radius 1 is 1.35 bits per heavy atom. The standard InChI is InChI=1S/C12H11ClN6S/c1-8(9-2-5-20-6-9)15-11-16-10(13)17-12(18-11)19-4-3-14-7-19/h2-8H,1H3,(H,15,16,17,18). The van der Waals surface area contributed by atoms with Crippen LogP contribution in [0.2, 0.25) is 5.28 Å². The van der Waals surface area contributed by atoms with E-state index in [2.05, 4.69) is 36.7 Å². The first-order valence-corrected chi connectivity index (χ1v) is 7.23. The molecule has 0 amide bonds. The van der Waals surface area contributed by atoms with E-state index >= 15 is 0 Å². The lowest BCUT2D eigenvalue weighted by Gasteiger charge is -2.13. The predicted molar refractivity (Wildman–Crippen MR) is 78.3 cm³/mol. The zero-order valence-electron chi connectivity index (χ0n) is 10.6. The van der Waals surface area contributed by atoms with Crippen LogP contribution >= 0.6 is 22.9 Å². The van der Waals surface area contributed by atoms with E-state index < -0.39 is 0 Å². The summed E-state index contributed by atoms with van der Waals surface area (Å²) in [6.45, 7) is 2.04. The van der Waals surface area contributed by atoms with Gasteiger partial charge in [-0.1, -0.05) is 0 Å². The Labute approximate surface area is 124 Å². The molecule has 1 N–H and O–H groups in total. The summed E-state index contributed by atoms with van der Waals surface area (Å²) in [4.78, 5) is 16.5. The Balaban J connectivity index is 1.87. The van der Waals surface area contributed by atoms with Crippen molar-refractivity contribution in [2.75, 3.05) is 5.32 Å². The summed E-state index contributed by atoms with van der Waals surface area (Å²) in [6.07, 6.45) is 5.01. The molecule has 20 heavy (non-hydrogen) atoms. The lowest BCUT2D eigenvalue weighted by atomic mass is 10.2. The summed E-state index contributed by atoms with van der Waals surface area (Å²) in [5.74, 6) is 0.870. The first-order valence-electron chi connectivity index (χ1n) is 5.91. The molecule has 0 spiro atoms. The summed E-state index contributed by atoms with van der Waals surface area (Å²) >= 11 is 7.59. The molecule has 3 aromatic heterocycles. The van der Waals surface area contributed by atoms with E-state index in [1.807, 2.05) is 12.3 Å². The molecule has 1 atom stereocenters. The molecule has 0 aliphatic rings. The molecule has 102 valence electrons. The fraction of sp³-hybridized carbons (Fsp3) is 0.167. The molecule has 0 aliphatic heterocycles. The number of hydrogen-bond acceptors (Lipinski definition) is 6. The van der Waals surface area contributed by atoms with Crippen LogP contribution in [0.3, 0.4) is 0 Å². The van der Waals surface area contributed by atoms with Crippen LogP contribution in [0, 0.1) is 0 Å². The third-order valence-corrected chi connectivity index (χ3v) is 3.59. The molecule has 8 heteroatoms. The van der Waals surface area contributed by atoms with Gasteiger partial charge in [-0.15, -0.1) is 0 Å². The third-order valence-electron chi connectivity index (χ3n) is 2.72. The van der Waals surface area contributed by atoms with Crippen LogP contribution in [0.25, 0.3) is 5.95 Å². The zero-order chi connectivity index (χ0) is 13.9. The van der Waals surface area contributed by atoms with Gasteiger partial charge in [0.25, 0.3) is 0 Å². The van der Waals surface area contributed by atoms with Crippen molar-refractivity contribution in [1.29, 1.82) is 0 Å². The molecule has 3 heterocycles. The van der Waals surface area contributed by atoms with Gasteiger partial charge in [-0.2, -0.15) is 26.3 Å². The van der Waals surface area contributed by atoms with E-state index in [4.69, 9.17) is 11.6 Å². The molecule has 6 nitrogen and oxygen atoms in total. The Bertz CT molecular complexity index is 682. The number of thiophene rings is 1. The monoisotopic (exact) mass is 306 g/mol. The van der Waals surface area contributed by atoms with Crippen LogP contribution in [0.5, 0.6) is 0 Å². The molecule has 1 unspecified atom stereocenters. The highest BCUT2D eigenvalue weighted by atomic mass is 35.5.